The van der Waals surface area contributed by atoms with Gasteiger partial charge in [-0.3, -0.25) is 4.79 Å². The average molecular weight is 286 g/mol. The van der Waals surface area contributed by atoms with E-state index in [1.807, 2.05) is 6.92 Å². The van der Waals surface area contributed by atoms with E-state index in [0.29, 0.717) is 6.42 Å². The Hall–Kier alpha value is -0.610. The lowest BCUT2D eigenvalue weighted by Crippen LogP contribution is -2.25. The summed E-state index contributed by atoms with van der Waals surface area (Å²) in [6.45, 7) is 6.95. The van der Waals surface area contributed by atoms with Crippen molar-refractivity contribution in [1.82, 2.24) is 10.2 Å². The molecule has 0 aliphatic heterocycles. The molecule has 0 aliphatic rings. The van der Waals surface area contributed by atoms with Gasteiger partial charge in [-0.25, -0.2) is 0 Å². The molecule has 1 N–H and O–H groups in total. The minimum atomic E-state index is -0.0758. The summed E-state index contributed by atoms with van der Waals surface area (Å²) in [5, 5.41) is 3.28. The van der Waals surface area contributed by atoms with Crippen LogP contribution in [0.25, 0.3) is 0 Å². The zero-order valence-corrected chi connectivity index (χ0v) is 13.9. The van der Waals surface area contributed by atoms with Crippen LogP contribution in [0.4, 0.5) is 0 Å². The quantitative estimate of drug-likeness (QED) is 0.417. The standard InChI is InChI=1S/C16H34N2O2/c1-5-6-7-8-10-15(2)20-16(19)11-13-17-12-9-14-18(3)4/h15,17H,5-14H2,1-4H3. The maximum Gasteiger partial charge on any atom is 0.307 e. The van der Waals surface area contributed by atoms with Gasteiger partial charge in [0.15, 0.2) is 0 Å². The maximum absolute atomic E-state index is 11.6. The summed E-state index contributed by atoms with van der Waals surface area (Å²) in [5.74, 6) is -0.0758. The van der Waals surface area contributed by atoms with Gasteiger partial charge in [0.05, 0.1) is 12.5 Å². The van der Waals surface area contributed by atoms with Crippen molar-refractivity contribution >= 4 is 5.97 Å². The van der Waals surface area contributed by atoms with Crippen LogP contribution in [-0.2, 0) is 9.53 Å². The number of nitrogens with zero attached hydrogens (tertiary/aromatic N) is 1. The zero-order valence-electron chi connectivity index (χ0n) is 13.9. The smallest absolute Gasteiger partial charge is 0.307 e. The fourth-order valence-corrected chi connectivity index (χ4v) is 2.04. The molecule has 0 saturated carbocycles. The van der Waals surface area contributed by atoms with E-state index in [1.54, 1.807) is 0 Å². The topological polar surface area (TPSA) is 41.6 Å². The average Bonchev–Trinajstić information content (AvgIpc) is 2.38. The molecule has 0 fully saturated rings. The Kier molecular flexibility index (Phi) is 13.0. The first kappa shape index (κ1) is 19.4. The van der Waals surface area contributed by atoms with Gasteiger partial charge in [0.1, 0.15) is 0 Å². The van der Waals surface area contributed by atoms with Crippen LogP contribution in [0, 0.1) is 0 Å². The van der Waals surface area contributed by atoms with Gasteiger partial charge in [0, 0.05) is 6.54 Å². The highest BCUT2D eigenvalue weighted by Crippen LogP contribution is 2.08. The second-order valence-electron chi connectivity index (χ2n) is 5.81. The van der Waals surface area contributed by atoms with Gasteiger partial charge in [-0.05, 0) is 53.4 Å². The van der Waals surface area contributed by atoms with Gasteiger partial charge in [0.2, 0.25) is 0 Å². The predicted molar refractivity (Wildman–Crippen MR) is 85.0 cm³/mol. The van der Waals surface area contributed by atoms with E-state index in [0.717, 1.165) is 38.9 Å². The Morgan fingerprint density at radius 1 is 1.15 bits per heavy atom. The molecule has 4 nitrogen and oxygen atoms in total. The third-order valence-corrected chi connectivity index (χ3v) is 3.26. The van der Waals surface area contributed by atoms with Crippen LogP contribution in [0.2, 0.25) is 0 Å². The number of hydrogen-bond donors (Lipinski definition) is 1. The lowest BCUT2D eigenvalue weighted by molar-refractivity contribution is -0.148. The van der Waals surface area contributed by atoms with Crippen molar-refractivity contribution in [2.24, 2.45) is 0 Å². The van der Waals surface area contributed by atoms with E-state index in [1.165, 1.54) is 19.3 Å². The summed E-state index contributed by atoms with van der Waals surface area (Å²) in [4.78, 5) is 13.8. The van der Waals surface area contributed by atoms with E-state index in [4.69, 9.17) is 4.74 Å². The normalized spacial score (nSPS) is 12.7. The Labute approximate surface area is 125 Å². The van der Waals surface area contributed by atoms with E-state index in [2.05, 4.69) is 31.2 Å². The number of carbonyl (C=O) groups is 1. The summed E-state index contributed by atoms with van der Waals surface area (Å²) in [6, 6.07) is 0. The molecule has 1 unspecified atom stereocenters. The molecule has 0 amide bonds. The number of nitrogens with one attached hydrogen (secondary N) is 1. The molecular weight excluding hydrogens is 252 g/mol. The fraction of sp³-hybridized carbons (Fsp3) is 0.938. The first-order valence-electron chi connectivity index (χ1n) is 8.11. The van der Waals surface area contributed by atoms with Crippen molar-refractivity contribution in [2.75, 3.05) is 33.7 Å². The summed E-state index contributed by atoms with van der Waals surface area (Å²) in [5.41, 5.74) is 0. The lowest BCUT2D eigenvalue weighted by Gasteiger charge is -2.13. The third-order valence-electron chi connectivity index (χ3n) is 3.26. The van der Waals surface area contributed by atoms with Gasteiger partial charge >= 0.3 is 5.97 Å². The van der Waals surface area contributed by atoms with Gasteiger partial charge in [-0.2, -0.15) is 0 Å². The molecule has 4 heteroatoms. The SMILES string of the molecule is CCCCCCC(C)OC(=O)CCNCCCN(C)C. The first-order chi connectivity index (χ1) is 9.56. The van der Waals surface area contributed by atoms with Crippen LogP contribution in [0.15, 0.2) is 0 Å². The molecule has 1 atom stereocenters. The fourth-order valence-electron chi connectivity index (χ4n) is 2.04. The summed E-state index contributed by atoms with van der Waals surface area (Å²) < 4.78 is 5.39. The molecule has 0 saturated heterocycles. The third kappa shape index (κ3) is 13.8. The van der Waals surface area contributed by atoms with E-state index < -0.39 is 0 Å². The molecule has 0 aromatic carbocycles. The molecule has 0 aliphatic carbocycles. The van der Waals surface area contributed by atoms with E-state index in [9.17, 15) is 4.79 Å². The van der Waals surface area contributed by atoms with Crippen LogP contribution >= 0.6 is 0 Å². The summed E-state index contributed by atoms with van der Waals surface area (Å²) >= 11 is 0. The largest absolute Gasteiger partial charge is 0.463 e. The number of unbranched alkanes of at least 4 members (excludes halogenated alkanes) is 3. The molecule has 20 heavy (non-hydrogen) atoms. The van der Waals surface area contributed by atoms with Crippen LogP contribution in [0.1, 0.15) is 58.8 Å². The van der Waals surface area contributed by atoms with Gasteiger partial charge in [-0.1, -0.05) is 26.2 Å². The summed E-state index contributed by atoms with van der Waals surface area (Å²) in [6.07, 6.45) is 7.55. The van der Waals surface area contributed by atoms with Crippen LogP contribution < -0.4 is 5.32 Å². The molecule has 0 radical (unpaired) electrons. The minimum Gasteiger partial charge on any atom is -0.463 e. The van der Waals surface area contributed by atoms with Gasteiger partial charge in [0.25, 0.3) is 0 Å². The van der Waals surface area contributed by atoms with Crippen LogP contribution in [-0.4, -0.2) is 50.7 Å². The Morgan fingerprint density at radius 3 is 2.55 bits per heavy atom. The number of ether oxygens (including phenoxy) is 1. The lowest BCUT2D eigenvalue weighted by atomic mass is 10.1. The van der Waals surface area contributed by atoms with Crippen LogP contribution in [0.5, 0.6) is 0 Å². The maximum atomic E-state index is 11.6. The molecular formula is C16H34N2O2. The molecule has 0 bridgehead atoms. The number of carbonyl (C=O) groups excluding carboxylic acids is 1. The molecule has 0 rings (SSSR count). The zero-order chi connectivity index (χ0) is 15.2. The number of rotatable bonds is 13. The predicted octanol–water partition coefficient (Wildman–Crippen LogP) is 2.82. The Morgan fingerprint density at radius 2 is 1.90 bits per heavy atom. The monoisotopic (exact) mass is 286 g/mol. The second-order valence-corrected chi connectivity index (χ2v) is 5.81. The van der Waals surface area contributed by atoms with Crippen molar-refractivity contribution < 1.29 is 9.53 Å². The van der Waals surface area contributed by atoms with Gasteiger partial charge < -0.3 is 15.0 Å². The Bertz CT molecular complexity index is 233. The second kappa shape index (κ2) is 13.4. The Balaban J connectivity index is 3.39. The highest BCUT2D eigenvalue weighted by atomic mass is 16.5. The van der Waals surface area contributed by atoms with E-state index >= 15 is 0 Å². The van der Waals surface area contributed by atoms with Crippen molar-refractivity contribution in [2.45, 2.75) is 64.9 Å². The minimum absolute atomic E-state index is 0.0631. The molecule has 0 aromatic rings. The van der Waals surface area contributed by atoms with Crippen LogP contribution in [0.3, 0.4) is 0 Å². The molecule has 0 aromatic heterocycles. The van der Waals surface area contributed by atoms with Crippen molar-refractivity contribution in [3.8, 4) is 0 Å². The van der Waals surface area contributed by atoms with Gasteiger partial charge in [-0.15, -0.1) is 0 Å². The van der Waals surface area contributed by atoms with Crippen molar-refractivity contribution in [3.63, 3.8) is 0 Å². The van der Waals surface area contributed by atoms with Crippen molar-refractivity contribution in [3.05, 3.63) is 0 Å². The number of esters is 1. The molecule has 120 valence electrons. The highest BCUT2D eigenvalue weighted by Gasteiger charge is 2.08. The highest BCUT2D eigenvalue weighted by molar-refractivity contribution is 5.69. The molecule has 0 heterocycles. The van der Waals surface area contributed by atoms with E-state index in [-0.39, 0.29) is 12.1 Å². The molecule has 0 spiro atoms. The summed E-state index contributed by atoms with van der Waals surface area (Å²) in [7, 11) is 4.14. The van der Waals surface area contributed by atoms with Crippen molar-refractivity contribution in [1.29, 1.82) is 0 Å². The number of hydrogen-bond acceptors (Lipinski definition) is 4. The first-order valence-corrected chi connectivity index (χ1v) is 8.11.